The number of hydrogen-bond acceptors (Lipinski definition) is 5. The number of sulfonamides is 1. The van der Waals surface area contributed by atoms with Crippen molar-refractivity contribution in [2.75, 3.05) is 20.4 Å². The molecule has 1 aliphatic heterocycles. The number of nitrogens with zero attached hydrogens (tertiary/aromatic N) is 1. The molecule has 0 aliphatic carbocycles. The zero-order chi connectivity index (χ0) is 20.0. The Balaban J connectivity index is 0.00000300. The van der Waals surface area contributed by atoms with Crippen LogP contribution in [0.25, 0.3) is 0 Å². The normalized spacial score (nSPS) is 13.0. The van der Waals surface area contributed by atoms with Crippen molar-refractivity contribution in [3.63, 3.8) is 0 Å². The molecule has 3 N–H and O–H groups in total. The highest BCUT2D eigenvalue weighted by atomic mass is 127. The van der Waals surface area contributed by atoms with E-state index in [1.54, 1.807) is 24.3 Å². The molecular weight excluding hydrogens is 507 g/mol. The minimum absolute atomic E-state index is 0. The Hall–Kier alpha value is -2.05. The molecule has 2 aromatic carbocycles. The van der Waals surface area contributed by atoms with E-state index in [9.17, 15) is 8.42 Å². The van der Waals surface area contributed by atoms with Crippen LogP contribution in [-0.4, -0.2) is 34.8 Å². The first kappa shape index (κ1) is 23.2. The summed E-state index contributed by atoms with van der Waals surface area (Å²) in [5.74, 6) is 2.16. The smallest absolute Gasteiger partial charge is 0.240 e. The third-order valence-corrected chi connectivity index (χ3v) is 5.59. The molecule has 1 heterocycles. The second kappa shape index (κ2) is 10.6. The number of guanidine groups is 1. The molecule has 1 aliphatic rings. The van der Waals surface area contributed by atoms with Gasteiger partial charge >= 0.3 is 0 Å². The molecule has 0 radical (unpaired) electrons. The number of rotatable bonds is 7. The fourth-order valence-electron chi connectivity index (χ4n) is 2.64. The van der Waals surface area contributed by atoms with Crippen molar-refractivity contribution in [3.05, 3.63) is 53.6 Å². The topological polar surface area (TPSA) is 101 Å². The first-order valence-corrected chi connectivity index (χ1v) is 10.4. The average Bonchev–Trinajstić information content (AvgIpc) is 3.18. The van der Waals surface area contributed by atoms with Gasteiger partial charge in [-0.25, -0.2) is 18.1 Å². The van der Waals surface area contributed by atoms with Gasteiger partial charge in [-0.05, 0) is 49.4 Å². The first-order valence-electron chi connectivity index (χ1n) is 8.95. The van der Waals surface area contributed by atoms with E-state index in [1.807, 2.05) is 25.1 Å². The summed E-state index contributed by atoms with van der Waals surface area (Å²) < 4.78 is 36.6. The second-order valence-corrected chi connectivity index (χ2v) is 7.97. The molecule has 0 amide bonds. The highest BCUT2D eigenvalue weighted by molar-refractivity contribution is 14.0. The summed E-state index contributed by atoms with van der Waals surface area (Å²) in [5.41, 5.74) is 1.96. The summed E-state index contributed by atoms with van der Waals surface area (Å²) in [6.07, 6.45) is 0. The largest absolute Gasteiger partial charge is 0.454 e. The summed E-state index contributed by atoms with van der Waals surface area (Å²) in [5, 5.41) is 6.45. The lowest BCUT2D eigenvalue weighted by molar-refractivity contribution is 0.174. The maximum Gasteiger partial charge on any atom is 0.240 e. The van der Waals surface area contributed by atoms with Gasteiger partial charge in [-0.2, -0.15) is 0 Å². The van der Waals surface area contributed by atoms with Gasteiger partial charge in [0.05, 0.1) is 11.4 Å². The van der Waals surface area contributed by atoms with E-state index in [4.69, 9.17) is 9.47 Å². The van der Waals surface area contributed by atoms with Crippen LogP contribution >= 0.6 is 24.0 Å². The highest BCUT2D eigenvalue weighted by Crippen LogP contribution is 2.32. The van der Waals surface area contributed by atoms with Crippen molar-refractivity contribution < 1.29 is 17.9 Å². The molecule has 0 fully saturated rings. The van der Waals surface area contributed by atoms with Crippen LogP contribution in [0.1, 0.15) is 18.1 Å². The van der Waals surface area contributed by atoms with E-state index in [2.05, 4.69) is 20.3 Å². The number of hydrogen-bond donors (Lipinski definition) is 3. The first-order chi connectivity index (χ1) is 13.5. The van der Waals surface area contributed by atoms with Crippen LogP contribution in [0.3, 0.4) is 0 Å². The van der Waals surface area contributed by atoms with Crippen molar-refractivity contribution in [3.8, 4) is 11.5 Å². The molecule has 8 nitrogen and oxygen atoms in total. The Labute approximate surface area is 188 Å². The lowest BCUT2D eigenvalue weighted by Crippen LogP contribution is -2.36. The van der Waals surface area contributed by atoms with Crippen molar-refractivity contribution in [1.82, 2.24) is 15.4 Å². The maximum absolute atomic E-state index is 11.8. The lowest BCUT2D eigenvalue weighted by Gasteiger charge is -2.12. The number of benzene rings is 2. The molecule has 29 heavy (non-hydrogen) atoms. The second-order valence-electron chi connectivity index (χ2n) is 6.09. The molecule has 10 heteroatoms. The summed E-state index contributed by atoms with van der Waals surface area (Å²) in [6.45, 7) is 3.99. The Kier molecular flexibility index (Phi) is 8.53. The maximum atomic E-state index is 11.8. The highest BCUT2D eigenvalue weighted by Gasteiger charge is 2.13. The zero-order valence-corrected chi connectivity index (χ0v) is 19.4. The van der Waals surface area contributed by atoms with E-state index in [0.29, 0.717) is 19.0 Å². The summed E-state index contributed by atoms with van der Waals surface area (Å²) in [4.78, 5) is 4.82. The van der Waals surface area contributed by atoms with E-state index in [-0.39, 0.29) is 35.7 Å². The average molecular weight is 532 g/mol. The fourth-order valence-corrected chi connectivity index (χ4v) is 3.37. The van der Waals surface area contributed by atoms with Crippen molar-refractivity contribution in [2.24, 2.45) is 4.99 Å². The summed E-state index contributed by atoms with van der Waals surface area (Å²) in [7, 11) is -2.03. The Morgan fingerprint density at radius 1 is 1.03 bits per heavy atom. The zero-order valence-electron chi connectivity index (χ0n) is 16.3. The third kappa shape index (κ3) is 6.21. The molecule has 158 valence electrons. The van der Waals surface area contributed by atoms with Gasteiger partial charge in [-0.1, -0.05) is 18.2 Å². The van der Waals surface area contributed by atoms with Crippen LogP contribution in [0.2, 0.25) is 0 Å². The summed E-state index contributed by atoms with van der Waals surface area (Å²) in [6, 6.07) is 12.5. The number of nitrogens with one attached hydrogen (secondary N) is 3. The Morgan fingerprint density at radius 3 is 2.41 bits per heavy atom. The van der Waals surface area contributed by atoms with Gasteiger partial charge in [-0.3, -0.25) is 0 Å². The number of halogens is 1. The Bertz CT molecular complexity index is 949. The molecule has 0 bridgehead atoms. The van der Waals surface area contributed by atoms with Crippen LogP contribution in [0.4, 0.5) is 0 Å². The van der Waals surface area contributed by atoms with Crippen LogP contribution in [0, 0.1) is 0 Å². The van der Waals surface area contributed by atoms with Gasteiger partial charge in [0.25, 0.3) is 0 Å². The molecular formula is C19H25IN4O4S. The molecule has 0 saturated heterocycles. The van der Waals surface area contributed by atoms with Crippen LogP contribution in [-0.2, 0) is 23.1 Å². The molecule has 0 saturated carbocycles. The van der Waals surface area contributed by atoms with Gasteiger partial charge in [0.15, 0.2) is 17.5 Å². The van der Waals surface area contributed by atoms with E-state index in [0.717, 1.165) is 29.2 Å². The predicted octanol–water partition coefficient (Wildman–Crippen LogP) is 2.20. The van der Waals surface area contributed by atoms with E-state index >= 15 is 0 Å². The van der Waals surface area contributed by atoms with E-state index in [1.165, 1.54) is 7.05 Å². The van der Waals surface area contributed by atoms with Gasteiger partial charge in [0.1, 0.15) is 0 Å². The molecule has 0 unspecified atom stereocenters. The molecule has 0 spiro atoms. The van der Waals surface area contributed by atoms with Crippen LogP contribution in [0.5, 0.6) is 11.5 Å². The van der Waals surface area contributed by atoms with Crippen LogP contribution in [0.15, 0.2) is 52.4 Å². The number of ether oxygens (including phenoxy) is 2. The fraction of sp³-hybridized carbons (Fsp3) is 0.316. The van der Waals surface area contributed by atoms with Gasteiger partial charge in [0.2, 0.25) is 16.8 Å². The molecule has 0 aromatic heterocycles. The quantitative estimate of drug-likeness (QED) is 0.287. The standard InChI is InChI=1S/C19H24N4O4S.HI/c1-3-21-19(23-12-15-6-9-17-18(10-15)27-13-26-17)22-11-14-4-7-16(8-5-14)28(24,25)20-2;/h4-10,20H,3,11-13H2,1-2H3,(H2,21,22,23);1H. The third-order valence-electron chi connectivity index (χ3n) is 4.16. The SMILES string of the molecule is CCNC(=NCc1ccc2c(c1)OCO2)NCc1ccc(S(=O)(=O)NC)cc1.I. The minimum Gasteiger partial charge on any atom is -0.454 e. The van der Waals surface area contributed by atoms with Crippen molar-refractivity contribution >= 4 is 40.0 Å². The summed E-state index contributed by atoms with van der Waals surface area (Å²) >= 11 is 0. The Morgan fingerprint density at radius 2 is 1.72 bits per heavy atom. The molecule has 0 atom stereocenters. The van der Waals surface area contributed by atoms with Gasteiger partial charge in [-0.15, -0.1) is 24.0 Å². The number of aliphatic imine (C=N–C) groups is 1. The van der Waals surface area contributed by atoms with E-state index < -0.39 is 10.0 Å². The molecule has 2 aromatic rings. The lowest BCUT2D eigenvalue weighted by atomic mass is 10.2. The van der Waals surface area contributed by atoms with Crippen molar-refractivity contribution in [2.45, 2.75) is 24.9 Å². The molecule has 3 rings (SSSR count). The van der Waals surface area contributed by atoms with Gasteiger partial charge in [0, 0.05) is 13.1 Å². The van der Waals surface area contributed by atoms with Gasteiger partial charge < -0.3 is 20.1 Å². The van der Waals surface area contributed by atoms with Crippen LogP contribution < -0.4 is 24.8 Å². The predicted molar refractivity (Wildman–Crippen MR) is 122 cm³/mol. The van der Waals surface area contributed by atoms with Crippen molar-refractivity contribution in [1.29, 1.82) is 0 Å². The minimum atomic E-state index is -3.42. The monoisotopic (exact) mass is 532 g/mol. The number of fused-ring (bicyclic) bond motifs is 1.